The zero-order chi connectivity index (χ0) is 17.2. The maximum Gasteiger partial charge on any atom is 0.218 e. The quantitative estimate of drug-likeness (QED) is 0.831. The van der Waals surface area contributed by atoms with Crippen molar-refractivity contribution in [3.8, 4) is 0 Å². The number of rotatable bonds is 4. The zero-order valence-electron chi connectivity index (χ0n) is 13.4. The molecule has 1 saturated heterocycles. The standard InChI is InChI=1S/C18H20ClNO3S/c1-14-11-20(12-18(23-14)16-5-3-2-4-6-16)24(21,22)13-15-7-9-17(19)10-8-15/h2-10,14,18H,11-13H2,1H3. The molecule has 1 heterocycles. The van der Waals surface area contributed by atoms with Crippen LogP contribution in [0.3, 0.4) is 0 Å². The van der Waals surface area contributed by atoms with Crippen LogP contribution in [0.1, 0.15) is 24.2 Å². The molecule has 0 saturated carbocycles. The van der Waals surface area contributed by atoms with Gasteiger partial charge in [-0.05, 0) is 30.2 Å². The molecule has 1 aliphatic heterocycles. The molecule has 2 aromatic carbocycles. The lowest BCUT2D eigenvalue weighted by Gasteiger charge is -2.36. The van der Waals surface area contributed by atoms with E-state index in [1.807, 2.05) is 37.3 Å². The normalized spacial score (nSPS) is 22.4. The third kappa shape index (κ3) is 4.16. The summed E-state index contributed by atoms with van der Waals surface area (Å²) in [6.07, 6.45) is -0.390. The Kier molecular flexibility index (Phi) is 5.25. The molecular weight excluding hydrogens is 346 g/mol. The number of hydrogen-bond acceptors (Lipinski definition) is 3. The molecule has 2 unspecified atom stereocenters. The van der Waals surface area contributed by atoms with E-state index in [2.05, 4.69) is 0 Å². The van der Waals surface area contributed by atoms with E-state index in [-0.39, 0.29) is 18.0 Å². The van der Waals surface area contributed by atoms with E-state index in [1.165, 1.54) is 4.31 Å². The number of sulfonamides is 1. The van der Waals surface area contributed by atoms with Crippen molar-refractivity contribution in [1.29, 1.82) is 0 Å². The highest BCUT2D eigenvalue weighted by Crippen LogP contribution is 2.27. The first-order valence-electron chi connectivity index (χ1n) is 7.87. The molecule has 0 aromatic heterocycles. The molecule has 128 valence electrons. The van der Waals surface area contributed by atoms with E-state index in [0.717, 1.165) is 11.1 Å². The molecule has 0 amide bonds. The minimum Gasteiger partial charge on any atom is -0.368 e. The first kappa shape index (κ1) is 17.4. The van der Waals surface area contributed by atoms with Crippen molar-refractivity contribution in [3.05, 3.63) is 70.7 Å². The van der Waals surface area contributed by atoms with Crippen LogP contribution >= 0.6 is 11.6 Å². The molecule has 2 atom stereocenters. The van der Waals surface area contributed by atoms with Gasteiger partial charge in [0.05, 0.1) is 18.0 Å². The number of halogens is 1. The van der Waals surface area contributed by atoms with Crippen LogP contribution in [0.4, 0.5) is 0 Å². The number of benzene rings is 2. The first-order valence-corrected chi connectivity index (χ1v) is 9.85. The van der Waals surface area contributed by atoms with E-state index >= 15 is 0 Å². The molecule has 1 fully saturated rings. The van der Waals surface area contributed by atoms with Gasteiger partial charge in [0, 0.05) is 18.1 Å². The Morgan fingerprint density at radius 3 is 2.42 bits per heavy atom. The maximum atomic E-state index is 12.8. The molecule has 0 radical (unpaired) electrons. The van der Waals surface area contributed by atoms with E-state index in [4.69, 9.17) is 16.3 Å². The van der Waals surface area contributed by atoms with Crippen molar-refractivity contribution in [2.45, 2.75) is 24.9 Å². The second-order valence-corrected chi connectivity index (χ2v) is 8.45. The average molecular weight is 366 g/mol. The lowest BCUT2D eigenvalue weighted by molar-refractivity contribution is -0.0557. The van der Waals surface area contributed by atoms with Gasteiger partial charge in [-0.25, -0.2) is 8.42 Å². The average Bonchev–Trinajstić information content (AvgIpc) is 2.57. The van der Waals surface area contributed by atoms with Crippen molar-refractivity contribution < 1.29 is 13.2 Å². The van der Waals surface area contributed by atoms with Gasteiger partial charge in [-0.15, -0.1) is 0 Å². The Morgan fingerprint density at radius 2 is 1.75 bits per heavy atom. The lowest BCUT2D eigenvalue weighted by Crippen LogP contribution is -2.46. The molecule has 1 aliphatic rings. The second-order valence-electron chi connectivity index (χ2n) is 6.05. The van der Waals surface area contributed by atoms with Crippen molar-refractivity contribution in [2.24, 2.45) is 0 Å². The van der Waals surface area contributed by atoms with Crippen LogP contribution < -0.4 is 0 Å². The summed E-state index contributed by atoms with van der Waals surface area (Å²) in [4.78, 5) is 0. The summed E-state index contributed by atoms with van der Waals surface area (Å²) in [7, 11) is -3.41. The summed E-state index contributed by atoms with van der Waals surface area (Å²) < 4.78 is 33.1. The van der Waals surface area contributed by atoms with Crippen LogP contribution in [0.2, 0.25) is 5.02 Å². The molecule has 2 aromatic rings. The highest BCUT2D eigenvalue weighted by Gasteiger charge is 2.33. The highest BCUT2D eigenvalue weighted by atomic mass is 35.5. The zero-order valence-corrected chi connectivity index (χ0v) is 15.0. The smallest absolute Gasteiger partial charge is 0.218 e. The van der Waals surface area contributed by atoms with E-state index in [9.17, 15) is 8.42 Å². The van der Waals surface area contributed by atoms with Crippen LogP contribution in [0.25, 0.3) is 0 Å². The van der Waals surface area contributed by atoms with Crippen molar-refractivity contribution in [2.75, 3.05) is 13.1 Å². The van der Waals surface area contributed by atoms with E-state index in [1.54, 1.807) is 24.3 Å². The molecule has 3 rings (SSSR count). The number of hydrogen-bond donors (Lipinski definition) is 0. The van der Waals surface area contributed by atoms with Gasteiger partial charge in [0.25, 0.3) is 0 Å². The van der Waals surface area contributed by atoms with Crippen LogP contribution in [0, 0.1) is 0 Å². The molecule has 0 spiro atoms. The van der Waals surface area contributed by atoms with E-state index < -0.39 is 10.0 Å². The van der Waals surface area contributed by atoms with Crippen LogP contribution in [0.15, 0.2) is 54.6 Å². The van der Waals surface area contributed by atoms with Crippen molar-refractivity contribution >= 4 is 21.6 Å². The van der Waals surface area contributed by atoms with Gasteiger partial charge in [0.1, 0.15) is 0 Å². The fraction of sp³-hybridized carbons (Fsp3) is 0.333. The molecule has 24 heavy (non-hydrogen) atoms. The van der Waals surface area contributed by atoms with Gasteiger partial charge < -0.3 is 4.74 Å². The second kappa shape index (κ2) is 7.23. The fourth-order valence-electron chi connectivity index (χ4n) is 2.87. The fourth-order valence-corrected chi connectivity index (χ4v) is 4.60. The Bertz CT molecular complexity index is 778. The molecule has 0 aliphatic carbocycles. The predicted molar refractivity (Wildman–Crippen MR) is 95.4 cm³/mol. The van der Waals surface area contributed by atoms with Gasteiger partial charge in [0.15, 0.2) is 0 Å². The lowest BCUT2D eigenvalue weighted by atomic mass is 10.1. The van der Waals surface area contributed by atoms with Gasteiger partial charge in [-0.1, -0.05) is 54.1 Å². The minimum atomic E-state index is -3.41. The SMILES string of the molecule is CC1CN(S(=O)(=O)Cc2ccc(Cl)cc2)CC(c2ccccc2)O1. The van der Waals surface area contributed by atoms with Crippen molar-refractivity contribution in [3.63, 3.8) is 0 Å². The predicted octanol–water partition coefficient (Wildman–Crippen LogP) is 3.63. The Hall–Kier alpha value is -1.40. The summed E-state index contributed by atoms with van der Waals surface area (Å²) in [6.45, 7) is 2.61. The molecule has 4 nitrogen and oxygen atoms in total. The number of ether oxygens (including phenoxy) is 1. The summed E-state index contributed by atoms with van der Waals surface area (Å²) in [5, 5.41) is 0.597. The number of morpholine rings is 1. The monoisotopic (exact) mass is 365 g/mol. The van der Waals surface area contributed by atoms with Gasteiger partial charge in [0.2, 0.25) is 10.0 Å². The maximum absolute atomic E-state index is 12.8. The van der Waals surface area contributed by atoms with Gasteiger partial charge in [-0.2, -0.15) is 4.31 Å². The van der Waals surface area contributed by atoms with E-state index in [0.29, 0.717) is 18.1 Å². The summed E-state index contributed by atoms with van der Waals surface area (Å²) >= 11 is 5.86. The molecule has 0 bridgehead atoms. The summed E-state index contributed by atoms with van der Waals surface area (Å²) in [6, 6.07) is 16.7. The molecular formula is C18H20ClNO3S. The first-order chi connectivity index (χ1) is 11.4. The van der Waals surface area contributed by atoms with Gasteiger partial charge >= 0.3 is 0 Å². The Balaban J connectivity index is 1.78. The molecule has 0 N–H and O–H groups in total. The highest BCUT2D eigenvalue weighted by molar-refractivity contribution is 7.88. The van der Waals surface area contributed by atoms with Gasteiger partial charge in [-0.3, -0.25) is 0 Å². The largest absolute Gasteiger partial charge is 0.368 e. The Labute approximate surface area is 148 Å². The Morgan fingerprint density at radius 1 is 1.08 bits per heavy atom. The minimum absolute atomic E-state index is 0.0294. The summed E-state index contributed by atoms with van der Waals surface area (Å²) in [5.74, 6) is -0.0294. The van der Waals surface area contributed by atoms with Crippen LogP contribution in [0.5, 0.6) is 0 Å². The van der Waals surface area contributed by atoms with Crippen LogP contribution in [-0.2, 0) is 20.5 Å². The molecule has 6 heteroatoms. The third-order valence-electron chi connectivity index (χ3n) is 4.05. The number of nitrogens with zero attached hydrogens (tertiary/aromatic N) is 1. The van der Waals surface area contributed by atoms with Crippen LogP contribution in [-0.4, -0.2) is 31.9 Å². The topological polar surface area (TPSA) is 46.6 Å². The van der Waals surface area contributed by atoms with Crippen molar-refractivity contribution in [1.82, 2.24) is 4.31 Å². The summed E-state index contributed by atoms with van der Waals surface area (Å²) in [5.41, 5.74) is 1.73. The third-order valence-corrected chi connectivity index (χ3v) is 6.09.